The lowest BCUT2D eigenvalue weighted by molar-refractivity contribution is -0.141. The van der Waals surface area contributed by atoms with E-state index >= 15 is 0 Å². The van der Waals surface area contributed by atoms with Crippen LogP contribution in [0.4, 0.5) is 5.69 Å². The molecule has 0 radical (unpaired) electrons. The van der Waals surface area contributed by atoms with Gasteiger partial charge in [-0.1, -0.05) is 25.1 Å². The van der Waals surface area contributed by atoms with Crippen molar-refractivity contribution < 1.29 is 14.7 Å². The minimum atomic E-state index is -1.54. The number of hydrogen-bond donors (Lipinski definition) is 3. The number of aryl methyl sites for hydroxylation is 1. The summed E-state index contributed by atoms with van der Waals surface area (Å²) in [6.07, 6.45) is 0.749. The number of carbonyl (C=O) groups is 2. The SMILES string of the molecule is CCc1ccccc1NC(=O)C(N)C(=O)O. The van der Waals surface area contributed by atoms with Crippen molar-refractivity contribution in [3.63, 3.8) is 0 Å². The summed E-state index contributed by atoms with van der Waals surface area (Å²) < 4.78 is 0. The fourth-order valence-corrected chi connectivity index (χ4v) is 1.27. The van der Waals surface area contributed by atoms with Gasteiger partial charge in [-0.3, -0.25) is 4.79 Å². The normalized spacial score (nSPS) is 11.9. The number of nitrogens with two attached hydrogens (primary N) is 1. The monoisotopic (exact) mass is 222 g/mol. The maximum Gasteiger partial charge on any atom is 0.330 e. The molecule has 0 saturated carbocycles. The zero-order valence-corrected chi connectivity index (χ0v) is 8.93. The molecule has 1 rings (SSSR count). The standard InChI is InChI=1S/C11H14N2O3/c1-2-7-5-3-4-6-8(7)13-10(14)9(12)11(15)16/h3-6,9H,2,12H2,1H3,(H,13,14)(H,15,16). The minimum Gasteiger partial charge on any atom is -0.480 e. The average Bonchev–Trinajstić information content (AvgIpc) is 2.28. The number of carboxylic acids is 1. The van der Waals surface area contributed by atoms with Crippen molar-refractivity contribution >= 4 is 17.6 Å². The molecular formula is C11H14N2O3. The fraction of sp³-hybridized carbons (Fsp3) is 0.273. The summed E-state index contributed by atoms with van der Waals surface area (Å²) in [6.45, 7) is 1.95. The molecule has 0 aliphatic carbocycles. The summed E-state index contributed by atoms with van der Waals surface area (Å²) in [6, 6.07) is 5.66. The number of anilines is 1. The first kappa shape index (κ1) is 12.2. The van der Waals surface area contributed by atoms with Crippen molar-refractivity contribution in [3.8, 4) is 0 Å². The Morgan fingerprint density at radius 2 is 2.06 bits per heavy atom. The third kappa shape index (κ3) is 2.80. The molecule has 5 nitrogen and oxygen atoms in total. The summed E-state index contributed by atoms with van der Waals surface area (Å²) >= 11 is 0. The van der Waals surface area contributed by atoms with Gasteiger partial charge >= 0.3 is 5.97 Å². The van der Waals surface area contributed by atoms with Crippen LogP contribution in [0.3, 0.4) is 0 Å². The predicted molar refractivity (Wildman–Crippen MR) is 60.1 cm³/mol. The van der Waals surface area contributed by atoms with E-state index in [9.17, 15) is 9.59 Å². The van der Waals surface area contributed by atoms with E-state index in [1.54, 1.807) is 12.1 Å². The highest BCUT2D eigenvalue weighted by Gasteiger charge is 2.21. The van der Waals surface area contributed by atoms with Crippen molar-refractivity contribution in [2.45, 2.75) is 19.4 Å². The molecular weight excluding hydrogens is 208 g/mol. The number of para-hydroxylation sites is 1. The second kappa shape index (κ2) is 5.27. The van der Waals surface area contributed by atoms with Crippen LogP contribution >= 0.6 is 0 Å². The molecule has 16 heavy (non-hydrogen) atoms. The Hall–Kier alpha value is -1.88. The molecule has 4 N–H and O–H groups in total. The van der Waals surface area contributed by atoms with Crippen molar-refractivity contribution in [1.82, 2.24) is 0 Å². The van der Waals surface area contributed by atoms with E-state index in [2.05, 4.69) is 5.32 Å². The molecule has 1 amide bonds. The third-order valence-electron chi connectivity index (χ3n) is 2.20. The fourth-order valence-electron chi connectivity index (χ4n) is 1.27. The summed E-state index contributed by atoms with van der Waals surface area (Å²) in [5.74, 6) is -2.06. The van der Waals surface area contributed by atoms with Crippen LogP contribution in [-0.2, 0) is 16.0 Å². The van der Waals surface area contributed by atoms with Crippen LogP contribution in [-0.4, -0.2) is 23.0 Å². The summed E-state index contributed by atoms with van der Waals surface area (Å²) in [4.78, 5) is 21.9. The van der Waals surface area contributed by atoms with Crippen molar-refractivity contribution in [2.75, 3.05) is 5.32 Å². The number of carboxylic acid groups (broad SMARTS) is 1. The second-order valence-corrected chi connectivity index (χ2v) is 3.32. The minimum absolute atomic E-state index is 0.603. The first-order chi connectivity index (χ1) is 7.56. The van der Waals surface area contributed by atoms with Crippen LogP contribution in [0, 0.1) is 0 Å². The molecule has 86 valence electrons. The maximum absolute atomic E-state index is 11.4. The van der Waals surface area contributed by atoms with Gasteiger partial charge in [0.2, 0.25) is 0 Å². The second-order valence-electron chi connectivity index (χ2n) is 3.32. The smallest absolute Gasteiger partial charge is 0.330 e. The van der Waals surface area contributed by atoms with Gasteiger partial charge in [-0.25, -0.2) is 4.79 Å². The zero-order valence-electron chi connectivity index (χ0n) is 8.93. The number of carbonyl (C=O) groups excluding carboxylic acids is 1. The van der Waals surface area contributed by atoms with E-state index in [-0.39, 0.29) is 0 Å². The Kier molecular flexibility index (Phi) is 4.02. The van der Waals surface area contributed by atoms with E-state index < -0.39 is 17.9 Å². The topological polar surface area (TPSA) is 92.4 Å². The Morgan fingerprint density at radius 1 is 1.44 bits per heavy atom. The lowest BCUT2D eigenvalue weighted by atomic mass is 10.1. The highest BCUT2D eigenvalue weighted by atomic mass is 16.4. The van der Waals surface area contributed by atoms with Gasteiger partial charge in [0.25, 0.3) is 5.91 Å². The van der Waals surface area contributed by atoms with Crippen LogP contribution in [0.2, 0.25) is 0 Å². The van der Waals surface area contributed by atoms with E-state index in [4.69, 9.17) is 10.8 Å². The molecule has 0 spiro atoms. The largest absolute Gasteiger partial charge is 0.480 e. The predicted octanol–water partition coefficient (Wildman–Crippen LogP) is 0.599. The molecule has 0 heterocycles. The third-order valence-corrected chi connectivity index (χ3v) is 2.20. The van der Waals surface area contributed by atoms with Gasteiger partial charge < -0.3 is 16.2 Å². The van der Waals surface area contributed by atoms with Gasteiger partial charge in [-0.05, 0) is 18.1 Å². The Balaban J connectivity index is 2.80. The lowest BCUT2D eigenvalue weighted by Crippen LogP contribution is -2.42. The first-order valence-corrected chi connectivity index (χ1v) is 4.93. The lowest BCUT2D eigenvalue weighted by Gasteiger charge is -2.11. The number of amides is 1. The van der Waals surface area contributed by atoms with Crippen LogP contribution in [0.25, 0.3) is 0 Å². The molecule has 0 aliphatic rings. The van der Waals surface area contributed by atoms with Gasteiger partial charge in [0.05, 0.1) is 0 Å². The number of rotatable bonds is 4. The summed E-state index contributed by atoms with van der Waals surface area (Å²) in [5.41, 5.74) is 6.73. The Morgan fingerprint density at radius 3 is 2.62 bits per heavy atom. The van der Waals surface area contributed by atoms with Gasteiger partial charge in [0.15, 0.2) is 6.04 Å². The highest BCUT2D eigenvalue weighted by molar-refractivity contribution is 6.07. The highest BCUT2D eigenvalue weighted by Crippen LogP contribution is 2.15. The average molecular weight is 222 g/mol. The van der Waals surface area contributed by atoms with Crippen LogP contribution in [0.15, 0.2) is 24.3 Å². The Bertz CT molecular complexity index is 404. The summed E-state index contributed by atoms with van der Waals surface area (Å²) in [5, 5.41) is 11.1. The number of aliphatic carboxylic acids is 1. The maximum atomic E-state index is 11.4. The van der Waals surface area contributed by atoms with Crippen molar-refractivity contribution in [3.05, 3.63) is 29.8 Å². The van der Waals surface area contributed by atoms with Crippen LogP contribution in [0.5, 0.6) is 0 Å². The molecule has 0 aliphatic heterocycles. The van der Waals surface area contributed by atoms with Gasteiger partial charge in [-0.15, -0.1) is 0 Å². The zero-order chi connectivity index (χ0) is 12.1. The molecule has 0 fully saturated rings. The van der Waals surface area contributed by atoms with E-state index in [0.717, 1.165) is 12.0 Å². The molecule has 1 atom stereocenters. The number of hydrogen-bond acceptors (Lipinski definition) is 3. The van der Waals surface area contributed by atoms with Gasteiger partial charge in [-0.2, -0.15) is 0 Å². The molecule has 1 aromatic carbocycles. The molecule has 1 aromatic rings. The Labute approximate surface area is 93.3 Å². The van der Waals surface area contributed by atoms with Gasteiger partial charge in [0, 0.05) is 5.69 Å². The molecule has 5 heteroatoms. The van der Waals surface area contributed by atoms with E-state index in [0.29, 0.717) is 5.69 Å². The van der Waals surface area contributed by atoms with Crippen molar-refractivity contribution in [2.24, 2.45) is 5.73 Å². The van der Waals surface area contributed by atoms with Crippen LogP contribution in [0.1, 0.15) is 12.5 Å². The van der Waals surface area contributed by atoms with E-state index in [1.165, 1.54) is 0 Å². The van der Waals surface area contributed by atoms with Gasteiger partial charge in [0.1, 0.15) is 0 Å². The van der Waals surface area contributed by atoms with Crippen LogP contribution < -0.4 is 11.1 Å². The number of nitrogens with one attached hydrogen (secondary N) is 1. The molecule has 0 saturated heterocycles. The van der Waals surface area contributed by atoms with Crippen molar-refractivity contribution in [1.29, 1.82) is 0 Å². The van der Waals surface area contributed by atoms with E-state index in [1.807, 2.05) is 19.1 Å². The molecule has 0 aromatic heterocycles. The first-order valence-electron chi connectivity index (χ1n) is 4.93. The summed E-state index contributed by atoms with van der Waals surface area (Å²) in [7, 11) is 0. The molecule has 1 unspecified atom stereocenters. The quantitative estimate of drug-likeness (QED) is 0.650. The molecule has 0 bridgehead atoms. The number of benzene rings is 1.